The van der Waals surface area contributed by atoms with Crippen LogP contribution < -0.4 is 5.32 Å². The molecule has 0 aliphatic carbocycles. The molecule has 1 aromatic rings. The van der Waals surface area contributed by atoms with Crippen molar-refractivity contribution < 1.29 is 23.0 Å². The molecule has 22 heavy (non-hydrogen) atoms. The number of nitrogens with zero attached hydrogens (tertiary/aromatic N) is 1. The molecule has 118 valence electrons. The Balaban J connectivity index is 1.84. The Labute approximate surface area is 126 Å². The van der Waals surface area contributed by atoms with Crippen molar-refractivity contribution in [3.8, 4) is 6.07 Å². The Kier molecular flexibility index (Phi) is 5.81. The van der Waals surface area contributed by atoms with Gasteiger partial charge < -0.3 is 14.8 Å². The molecule has 1 amide bonds. The molecule has 0 spiro atoms. The number of benzene rings is 1. The van der Waals surface area contributed by atoms with Crippen LogP contribution in [0.4, 0.5) is 8.78 Å². The molecule has 7 heteroatoms. The highest BCUT2D eigenvalue weighted by Gasteiger charge is 2.19. The van der Waals surface area contributed by atoms with E-state index in [0.29, 0.717) is 19.3 Å². The quantitative estimate of drug-likeness (QED) is 0.870. The molecule has 1 heterocycles. The van der Waals surface area contributed by atoms with Gasteiger partial charge in [-0.05, 0) is 18.9 Å². The van der Waals surface area contributed by atoms with Crippen molar-refractivity contribution in [1.82, 2.24) is 5.32 Å². The average Bonchev–Trinajstić information content (AvgIpc) is 2.98. The molecule has 1 fully saturated rings. The molecule has 5 nitrogen and oxygen atoms in total. The maximum Gasteiger partial charge on any atom is 0.247 e. The maximum absolute atomic E-state index is 13.6. The molecule has 1 N–H and O–H groups in total. The smallest absolute Gasteiger partial charge is 0.247 e. The largest absolute Gasteiger partial charge is 0.376 e. The predicted molar refractivity (Wildman–Crippen MR) is 72.6 cm³/mol. The molecule has 0 radical (unpaired) electrons. The summed E-state index contributed by atoms with van der Waals surface area (Å²) in [6, 6.07) is 3.40. The van der Waals surface area contributed by atoms with Gasteiger partial charge in [0.15, 0.2) is 0 Å². The fourth-order valence-corrected chi connectivity index (χ4v) is 2.18. The number of halogens is 2. The minimum atomic E-state index is -1.19. The molecule has 0 bridgehead atoms. The zero-order chi connectivity index (χ0) is 15.9. The van der Waals surface area contributed by atoms with E-state index in [1.165, 1.54) is 0 Å². The lowest BCUT2D eigenvalue weighted by Gasteiger charge is -2.14. The lowest BCUT2D eigenvalue weighted by Crippen LogP contribution is -2.32. The van der Waals surface area contributed by atoms with E-state index in [9.17, 15) is 13.6 Å². The summed E-state index contributed by atoms with van der Waals surface area (Å²) in [6.45, 7) is 0.747. The molecular weight excluding hydrogens is 294 g/mol. The van der Waals surface area contributed by atoms with Gasteiger partial charge in [0.2, 0.25) is 5.91 Å². The van der Waals surface area contributed by atoms with Crippen LogP contribution in [0.1, 0.15) is 24.4 Å². The summed E-state index contributed by atoms with van der Waals surface area (Å²) < 4.78 is 37.0. The maximum atomic E-state index is 13.6. The minimum Gasteiger partial charge on any atom is -0.376 e. The normalized spacial score (nSPS) is 18.7. The highest BCUT2D eigenvalue weighted by Crippen LogP contribution is 2.17. The summed E-state index contributed by atoms with van der Waals surface area (Å²) in [5.74, 6) is -2.18. The summed E-state index contributed by atoms with van der Waals surface area (Å²) >= 11 is 0. The fraction of sp³-hybridized carbons (Fsp3) is 0.467. The number of nitriles is 1. The van der Waals surface area contributed by atoms with Crippen LogP contribution in [0.5, 0.6) is 0 Å². The highest BCUT2D eigenvalue weighted by atomic mass is 19.1. The van der Waals surface area contributed by atoms with E-state index in [-0.39, 0.29) is 18.3 Å². The van der Waals surface area contributed by atoms with Gasteiger partial charge in [-0.2, -0.15) is 5.26 Å². The van der Waals surface area contributed by atoms with Gasteiger partial charge in [0.25, 0.3) is 0 Å². The third kappa shape index (κ3) is 4.48. The van der Waals surface area contributed by atoms with Crippen molar-refractivity contribution in [3.05, 3.63) is 35.4 Å². The van der Waals surface area contributed by atoms with Crippen molar-refractivity contribution in [1.29, 1.82) is 5.26 Å². The van der Waals surface area contributed by atoms with E-state index in [1.807, 2.05) is 0 Å². The number of ether oxygens (including phenoxy) is 2. The molecule has 0 aromatic heterocycles. The Hall–Kier alpha value is -2.04. The zero-order valence-corrected chi connectivity index (χ0v) is 11.9. The fourth-order valence-electron chi connectivity index (χ4n) is 2.18. The van der Waals surface area contributed by atoms with Crippen molar-refractivity contribution in [2.24, 2.45) is 0 Å². The summed E-state index contributed by atoms with van der Waals surface area (Å²) in [4.78, 5) is 11.7. The molecule has 1 aliphatic rings. The number of rotatable bonds is 6. The van der Waals surface area contributed by atoms with Gasteiger partial charge >= 0.3 is 0 Å². The first-order valence-electron chi connectivity index (χ1n) is 6.93. The lowest BCUT2D eigenvalue weighted by molar-refractivity contribution is -0.127. The minimum absolute atomic E-state index is 0.00546. The zero-order valence-electron chi connectivity index (χ0n) is 11.9. The van der Waals surface area contributed by atoms with E-state index >= 15 is 0 Å². The van der Waals surface area contributed by atoms with Gasteiger partial charge in [-0.1, -0.05) is 6.07 Å². The average molecular weight is 310 g/mol. The predicted octanol–water partition coefficient (Wildman–Crippen LogP) is 1.84. The van der Waals surface area contributed by atoms with Gasteiger partial charge in [-0.3, -0.25) is 4.79 Å². The second kappa shape index (κ2) is 7.82. The van der Waals surface area contributed by atoms with Gasteiger partial charge in [0.05, 0.1) is 18.8 Å². The van der Waals surface area contributed by atoms with Crippen LogP contribution >= 0.6 is 0 Å². The Morgan fingerprint density at radius 2 is 2.36 bits per heavy atom. The molecule has 1 aromatic carbocycles. The Morgan fingerprint density at radius 1 is 1.55 bits per heavy atom. The van der Waals surface area contributed by atoms with E-state index < -0.39 is 23.6 Å². The van der Waals surface area contributed by atoms with Crippen LogP contribution in [0.15, 0.2) is 18.2 Å². The van der Waals surface area contributed by atoms with Crippen LogP contribution in [0.25, 0.3) is 0 Å². The first-order chi connectivity index (χ1) is 10.6. The summed E-state index contributed by atoms with van der Waals surface area (Å²) in [6.07, 6.45) is 1.86. The third-order valence-corrected chi connectivity index (χ3v) is 3.27. The van der Waals surface area contributed by atoms with Gasteiger partial charge in [0.1, 0.15) is 24.3 Å². The number of nitrogens with one attached hydrogen (secondary N) is 1. The first-order valence-corrected chi connectivity index (χ1v) is 6.93. The number of hydrogen-bond donors (Lipinski definition) is 1. The third-order valence-electron chi connectivity index (χ3n) is 3.27. The highest BCUT2D eigenvalue weighted by molar-refractivity contribution is 5.78. The van der Waals surface area contributed by atoms with E-state index in [0.717, 1.165) is 25.0 Å². The van der Waals surface area contributed by atoms with Crippen LogP contribution in [-0.4, -0.2) is 31.8 Å². The monoisotopic (exact) mass is 310 g/mol. The number of hydrogen-bond acceptors (Lipinski definition) is 4. The van der Waals surface area contributed by atoms with Gasteiger partial charge in [-0.15, -0.1) is 0 Å². The van der Waals surface area contributed by atoms with Crippen LogP contribution in [0.3, 0.4) is 0 Å². The van der Waals surface area contributed by atoms with Crippen molar-refractivity contribution in [2.75, 3.05) is 19.8 Å². The summed E-state index contributed by atoms with van der Waals surface area (Å²) in [5, 5.41) is 11.4. The molecule has 1 aliphatic heterocycles. The molecular formula is C15H16F2N2O3. The number of amides is 1. The number of carbonyl (C=O) groups excluding carboxylic acids is 1. The van der Waals surface area contributed by atoms with Crippen molar-refractivity contribution in [2.45, 2.75) is 25.0 Å². The van der Waals surface area contributed by atoms with E-state index in [4.69, 9.17) is 14.7 Å². The van der Waals surface area contributed by atoms with Crippen molar-refractivity contribution >= 4 is 5.91 Å². The van der Waals surface area contributed by atoms with Crippen molar-refractivity contribution in [3.63, 3.8) is 0 Å². The second-order valence-electron chi connectivity index (χ2n) is 4.95. The van der Waals surface area contributed by atoms with Crippen LogP contribution in [-0.2, 0) is 14.3 Å². The Morgan fingerprint density at radius 3 is 3.00 bits per heavy atom. The van der Waals surface area contributed by atoms with E-state index in [1.54, 1.807) is 6.07 Å². The van der Waals surface area contributed by atoms with Crippen LogP contribution in [0.2, 0.25) is 0 Å². The summed E-state index contributed by atoms with van der Waals surface area (Å²) in [7, 11) is 0. The molecule has 2 atom stereocenters. The molecule has 2 unspecified atom stereocenters. The standard InChI is InChI=1S/C15H16F2N2O3/c16-10-3-4-12(13(17)6-10)14(7-18)19-15(20)9-21-8-11-2-1-5-22-11/h3-4,6,11,14H,1-2,5,8-9H2,(H,19,20). The van der Waals surface area contributed by atoms with E-state index in [2.05, 4.69) is 5.32 Å². The Bertz CT molecular complexity index is 568. The second-order valence-corrected chi connectivity index (χ2v) is 4.95. The summed E-state index contributed by atoms with van der Waals surface area (Å²) in [5.41, 5.74) is -0.0867. The van der Waals surface area contributed by atoms with Gasteiger partial charge in [-0.25, -0.2) is 8.78 Å². The SMILES string of the molecule is N#CC(NC(=O)COCC1CCCO1)c1ccc(F)cc1F. The number of carbonyl (C=O) groups is 1. The molecule has 2 rings (SSSR count). The molecule has 0 saturated carbocycles. The lowest BCUT2D eigenvalue weighted by atomic mass is 10.1. The first kappa shape index (κ1) is 16.3. The topological polar surface area (TPSA) is 71.4 Å². The van der Waals surface area contributed by atoms with Gasteiger partial charge in [0, 0.05) is 18.2 Å². The van der Waals surface area contributed by atoms with Crippen LogP contribution in [0, 0.1) is 23.0 Å². The molecule has 1 saturated heterocycles.